The van der Waals surface area contributed by atoms with Crippen molar-refractivity contribution in [3.8, 4) is 0 Å². The fourth-order valence-electron chi connectivity index (χ4n) is 1.51. The van der Waals surface area contributed by atoms with Crippen LogP contribution in [0.1, 0.15) is 16.5 Å². The summed E-state index contributed by atoms with van der Waals surface area (Å²) in [5.41, 5.74) is 0.385. The molecule has 0 atom stereocenters. The summed E-state index contributed by atoms with van der Waals surface area (Å²) in [5.74, 6) is 1.62. The van der Waals surface area contributed by atoms with E-state index in [1.807, 2.05) is 6.08 Å². The van der Waals surface area contributed by atoms with Gasteiger partial charge in [-0.15, -0.1) is 11.7 Å². The van der Waals surface area contributed by atoms with Crippen molar-refractivity contribution in [3.05, 3.63) is 24.5 Å². The van der Waals surface area contributed by atoms with Crippen molar-refractivity contribution >= 4 is 17.7 Å². The number of amides is 1. The second kappa shape index (κ2) is 6.55. The van der Waals surface area contributed by atoms with E-state index in [1.54, 1.807) is 22.6 Å². The van der Waals surface area contributed by atoms with E-state index in [1.165, 1.54) is 0 Å². The van der Waals surface area contributed by atoms with Gasteiger partial charge in [-0.25, -0.2) is 4.68 Å². The van der Waals surface area contributed by atoms with Gasteiger partial charge in [-0.3, -0.25) is 4.79 Å². The first-order chi connectivity index (χ1) is 8.81. The maximum Gasteiger partial charge on any atom is 0.273 e. The minimum Gasteiger partial charge on any atom is -0.350 e. The van der Waals surface area contributed by atoms with Crippen LogP contribution in [0.4, 0.5) is 0 Å². The van der Waals surface area contributed by atoms with Gasteiger partial charge in [0.15, 0.2) is 5.69 Å². The van der Waals surface area contributed by atoms with E-state index in [2.05, 4.69) is 27.5 Å². The van der Waals surface area contributed by atoms with Gasteiger partial charge in [0, 0.05) is 31.1 Å². The van der Waals surface area contributed by atoms with Crippen molar-refractivity contribution in [2.45, 2.75) is 6.04 Å². The second-order valence-electron chi connectivity index (χ2n) is 4.02. The molecule has 18 heavy (non-hydrogen) atoms. The monoisotopic (exact) mass is 267 g/mol. The zero-order chi connectivity index (χ0) is 12.8. The summed E-state index contributed by atoms with van der Waals surface area (Å²) in [6, 6.07) is 0.335. The summed E-state index contributed by atoms with van der Waals surface area (Å²) >= 11 is 1.73. The van der Waals surface area contributed by atoms with Crippen LogP contribution in [0.25, 0.3) is 0 Å². The molecule has 0 saturated carbocycles. The molecule has 0 unspecified atom stereocenters. The first kappa shape index (κ1) is 13.1. The minimum absolute atomic E-state index is 0.160. The standard InChI is InChI=1S/C11H17N5OS/c1-2-4-18-5-3-13-11(17)10-8-16(15-14-10)9-6-12-7-9/h2,8-9,12H,1,3-7H2,(H,13,17). The number of hydrogen-bond donors (Lipinski definition) is 2. The fraction of sp³-hybridized carbons (Fsp3) is 0.545. The van der Waals surface area contributed by atoms with Crippen LogP contribution in [0.2, 0.25) is 0 Å². The van der Waals surface area contributed by atoms with Gasteiger partial charge in [-0.05, 0) is 0 Å². The molecule has 98 valence electrons. The van der Waals surface area contributed by atoms with Crippen LogP contribution in [-0.2, 0) is 0 Å². The number of thioether (sulfide) groups is 1. The van der Waals surface area contributed by atoms with Crippen LogP contribution in [-0.4, -0.2) is 52.0 Å². The molecule has 6 nitrogen and oxygen atoms in total. The predicted molar refractivity (Wildman–Crippen MR) is 71.8 cm³/mol. The number of carbonyl (C=O) groups excluding carboxylic acids is 1. The van der Waals surface area contributed by atoms with Crippen molar-refractivity contribution in [2.24, 2.45) is 0 Å². The van der Waals surface area contributed by atoms with Crippen LogP contribution >= 0.6 is 11.8 Å². The van der Waals surface area contributed by atoms with Crippen molar-refractivity contribution in [2.75, 3.05) is 31.1 Å². The molecule has 2 heterocycles. The molecule has 1 aromatic rings. The Morgan fingerprint density at radius 3 is 3.22 bits per heavy atom. The highest BCUT2D eigenvalue weighted by Gasteiger charge is 2.21. The van der Waals surface area contributed by atoms with Gasteiger partial charge in [0.05, 0.1) is 12.2 Å². The molecule has 0 aliphatic carbocycles. The Morgan fingerprint density at radius 1 is 1.72 bits per heavy atom. The van der Waals surface area contributed by atoms with E-state index >= 15 is 0 Å². The van der Waals surface area contributed by atoms with E-state index < -0.39 is 0 Å². The van der Waals surface area contributed by atoms with Gasteiger partial charge < -0.3 is 10.6 Å². The molecule has 0 radical (unpaired) electrons. The van der Waals surface area contributed by atoms with Crippen molar-refractivity contribution in [1.82, 2.24) is 25.6 Å². The lowest BCUT2D eigenvalue weighted by Crippen LogP contribution is -2.43. The molecule has 1 fully saturated rings. The Hall–Kier alpha value is -1.34. The largest absolute Gasteiger partial charge is 0.350 e. The summed E-state index contributed by atoms with van der Waals surface area (Å²) in [4.78, 5) is 11.7. The average molecular weight is 267 g/mol. The summed E-state index contributed by atoms with van der Waals surface area (Å²) in [5, 5.41) is 13.8. The number of rotatable bonds is 7. The number of hydrogen-bond acceptors (Lipinski definition) is 5. The van der Waals surface area contributed by atoms with Crippen LogP contribution in [0, 0.1) is 0 Å². The molecule has 2 N–H and O–H groups in total. The minimum atomic E-state index is -0.160. The molecular weight excluding hydrogens is 250 g/mol. The maximum atomic E-state index is 11.7. The number of nitrogens with zero attached hydrogens (tertiary/aromatic N) is 3. The van der Waals surface area contributed by atoms with Crippen LogP contribution in [0.15, 0.2) is 18.9 Å². The van der Waals surface area contributed by atoms with E-state index in [0.29, 0.717) is 18.3 Å². The Bertz CT molecular complexity index is 415. The predicted octanol–water partition coefficient (Wildman–Crippen LogP) is 0.0714. The fourth-order valence-corrected chi connectivity index (χ4v) is 2.09. The van der Waals surface area contributed by atoms with Gasteiger partial charge in [0.1, 0.15) is 0 Å². The topological polar surface area (TPSA) is 71.8 Å². The molecule has 0 spiro atoms. The quantitative estimate of drug-likeness (QED) is 0.540. The average Bonchev–Trinajstić information content (AvgIpc) is 2.75. The summed E-state index contributed by atoms with van der Waals surface area (Å²) in [6.45, 7) is 6.06. The maximum absolute atomic E-state index is 11.7. The van der Waals surface area contributed by atoms with Crippen LogP contribution < -0.4 is 10.6 Å². The van der Waals surface area contributed by atoms with Gasteiger partial charge >= 0.3 is 0 Å². The normalized spacial score (nSPS) is 15.1. The summed E-state index contributed by atoms with van der Waals surface area (Å²) in [7, 11) is 0. The molecule has 7 heteroatoms. The van der Waals surface area contributed by atoms with Crippen LogP contribution in [0.3, 0.4) is 0 Å². The zero-order valence-electron chi connectivity index (χ0n) is 10.1. The molecule has 1 amide bonds. The molecule has 0 aromatic carbocycles. The van der Waals surface area contributed by atoms with Gasteiger partial charge in [0.25, 0.3) is 5.91 Å². The van der Waals surface area contributed by atoms with E-state index in [4.69, 9.17) is 0 Å². The third-order valence-corrected chi connectivity index (χ3v) is 3.61. The lowest BCUT2D eigenvalue weighted by atomic mass is 10.2. The van der Waals surface area contributed by atoms with Crippen molar-refractivity contribution in [1.29, 1.82) is 0 Å². The Kier molecular flexibility index (Phi) is 4.77. The molecule has 0 bridgehead atoms. The SMILES string of the molecule is C=CCSCCNC(=O)c1cn(C2CNC2)nn1. The highest BCUT2D eigenvalue weighted by Crippen LogP contribution is 2.09. The first-order valence-electron chi connectivity index (χ1n) is 5.90. The summed E-state index contributed by atoms with van der Waals surface area (Å²) in [6.07, 6.45) is 3.56. The second-order valence-corrected chi connectivity index (χ2v) is 5.17. The van der Waals surface area contributed by atoms with Gasteiger partial charge in [-0.2, -0.15) is 11.8 Å². The molecule has 1 aliphatic heterocycles. The third kappa shape index (κ3) is 3.33. The number of nitrogens with one attached hydrogen (secondary N) is 2. The lowest BCUT2D eigenvalue weighted by Gasteiger charge is -2.26. The highest BCUT2D eigenvalue weighted by atomic mass is 32.2. The van der Waals surface area contributed by atoms with E-state index in [-0.39, 0.29) is 5.91 Å². The van der Waals surface area contributed by atoms with Gasteiger partial charge in [-0.1, -0.05) is 11.3 Å². The number of aromatic nitrogens is 3. The van der Waals surface area contributed by atoms with Gasteiger partial charge in [0.2, 0.25) is 0 Å². The Balaban J connectivity index is 1.74. The Labute approximate surface area is 110 Å². The third-order valence-electron chi connectivity index (χ3n) is 2.64. The van der Waals surface area contributed by atoms with Crippen molar-refractivity contribution in [3.63, 3.8) is 0 Å². The highest BCUT2D eigenvalue weighted by molar-refractivity contribution is 7.99. The summed E-state index contributed by atoms with van der Waals surface area (Å²) < 4.78 is 1.75. The van der Waals surface area contributed by atoms with E-state index in [0.717, 1.165) is 24.6 Å². The molecule has 1 saturated heterocycles. The zero-order valence-corrected chi connectivity index (χ0v) is 10.9. The number of carbonyl (C=O) groups is 1. The first-order valence-corrected chi connectivity index (χ1v) is 7.06. The molecular formula is C11H17N5OS. The van der Waals surface area contributed by atoms with E-state index in [9.17, 15) is 4.79 Å². The molecule has 1 aliphatic rings. The lowest BCUT2D eigenvalue weighted by molar-refractivity contribution is 0.0951. The Morgan fingerprint density at radius 2 is 2.56 bits per heavy atom. The smallest absolute Gasteiger partial charge is 0.273 e. The van der Waals surface area contributed by atoms with Crippen LogP contribution in [0.5, 0.6) is 0 Å². The molecule has 1 aromatic heterocycles. The molecule has 2 rings (SSSR count). The van der Waals surface area contributed by atoms with Crippen molar-refractivity contribution < 1.29 is 4.79 Å².